The number of nitrogens with one attached hydrogen (secondary N) is 2. The maximum Gasteiger partial charge on any atom is 0.414 e. The molecule has 1 aliphatic heterocycles. The second kappa shape index (κ2) is 8.86. The Bertz CT molecular complexity index is 1150. The lowest BCUT2D eigenvalue weighted by molar-refractivity contribution is -0.189. The number of nitrogens with zero attached hydrogens (tertiary/aromatic N) is 3. The molecule has 4 amide bonds. The van der Waals surface area contributed by atoms with Crippen LogP contribution in [0.25, 0.3) is 0 Å². The van der Waals surface area contributed by atoms with E-state index in [1.807, 2.05) is 17.4 Å². The number of halogens is 3. The minimum Gasteiger partial charge on any atom is -0.380 e. The Balaban J connectivity index is 1.49. The molecular formula is C24H26F3N5O3. The number of alkyl halides is 3. The Kier molecular flexibility index (Phi) is 6.20. The number of amides is 4. The molecule has 2 N–H and O–H groups in total. The Labute approximate surface area is 200 Å². The summed E-state index contributed by atoms with van der Waals surface area (Å²) in [5.41, 5.74) is 2.49. The molecule has 2 heterocycles. The molecule has 0 spiro atoms. The van der Waals surface area contributed by atoms with Crippen molar-refractivity contribution in [1.82, 2.24) is 20.1 Å². The molecule has 4 rings (SSSR count). The first-order valence-corrected chi connectivity index (χ1v) is 11.1. The summed E-state index contributed by atoms with van der Waals surface area (Å²) < 4.78 is 41.9. The van der Waals surface area contributed by atoms with Crippen LogP contribution < -0.4 is 10.6 Å². The number of hydrogen-bond donors (Lipinski definition) is 2. The number of fused-ring (bicyclic) bond motifs is 1. The molecule has 2 unspecified atom stereocenters. The van der Waals surface area contributed by atoms with Gasteiger partial charge in [0.15, 0.2) is 6.04 Å². The Morgan fingerprint density at radius 1 is 1.26 bits per heavy atom. The lowest BCUT2D eigenvalue weighted by atomic mass is 9.83. The molecule has 35 heavy (non-hydrogen) atoms. The Morgan fingerprint density at radius 3 is 2.54 bits per heavy atom. The smallest absolute Gasteiger partial charge is 0.380 e. The molecule has 1 aliphatic carbocycles. The third-order valence-electron chi connectivity index (χ3n) is 6.70. The highest BCUT2D eigenvalue weighted by atomic mass is 19.4. The average molecular weight is 489 g/mol. The van der Waals surface area contributed by atoms with Crippen LogP contribution in [0.1, 0.15) is 36.7 Å². The number of urea groups is 1. The van der Waals surface area contributed by atoms with Crippen molar-refractivity contribution in [2.24, 2.45) is 0 Å². The zero-order chi connectivity index (χ0) is 25.5. The number of hydrogen-bond acceptors (Lipinski definition) is 5. The fraction of sp³-hybridized carbons (Fsp3) is 0.417. The molecule has 0 bridgehead atoms. The summed E-state index contributed by atoms with van der Waals surface area (Å²) in [5.74, 6) is -1.58. The van der Waals surface area contributed by atoms with Crippen molar-refractivity contribution in [3.63, 3.8) is 0 Å². The van der Waals surface area contributed by atoms with Crippen molar-refractivity contribution in [2.45, 2.75) is 43.9 Å². The summed E-state index contributed by atoms with van der Waals surface area (Å²) in [6, 6.07) is 7.80. The van der Waals surface area contributed by atoms with Gasteiger partial charge < -0.3 is 15.1 Å². The van der Waals surface area contributed by atoms with Crippen LogP contribution in [0.2, 0.25) is 0 Å². The molecule has 0 radical (unpaired) electrons. The average Bonchev–Trinajstić information content (AvgIpc) is 3.22. The molecule has 1 aromatic heterocycles. The molecule has 2 aliphatic rings. The first kappa shape index (κ1) is 24.5. The third kappa shape index (κ3) is 4.80. The highest BCUT2D eigenvalue weighted by Gasteiger charge is 2.47. The highest BCUT2D eigenvalue weighted by molar-refractivity contribution is 6.03. The minimum absolute atomic E-state index is 0.0320. The van der Waals surface area contributed by atoms with E-state index >= 15 is 0 Å². The van der Waals surface area contributed by atoms with E-state index in [0.717, 1.165) is 18.4 Å². The fourth-order valence-corrected chi connectivity index (χ4v) is 4.69. The van der Waals surface area contributed by atoms with Crippen molar-refractivity contribution in [3.8, 4) is 0 Å². The van der Waals surface area contributed by atoms with Gasteiger partial charge in [-0.3, -0.25) is 19.9 Å². The maximum atomic E-state index is 14.0. The summed E-state index contributed by atoms with van der Waals surface area (Å²) >= 11 is 0. The molecule has 11 heteroatoms. The van der Waals surface area contributed by atoms with Gasteiger partial charge in [0, 0.05) is 18.5 Å². The number of pyridine rings is 1. The van der Waals surface area contributed by atoms with Gasteiger partial charge in [0.2, 0.25) is 11.8 Å². The summed E-state index contributed by atoms with van der Waals surface area (Å²) in [6.45, 7) is 3.20. The van der Waals surface area contributed by atoms with E-state index < -0.39 is 36.6 Å². The quantitative estimate of drug-likeness (QED) is 0.609. The third-order valence-corrected chi connectivity index (χ3v) is 6.70. The topological polar surface area (TPSA) is 94.6 Å². The summed E-state index contributed by atoms with van der Waals surface area (Å²) in [6.07, 6.45) is -2.69. The number of carbonyl (C=O) groups is 3. The molecule has 0 saturated carbocycles. The zero-order valence-electron chi connectivity index (χ0n) is 19.5. The monoisotopic (exact) mass is 489 g/mol. The molecule has 8 nitrogen and oxygen atoms in total. The van der Waals surface area contributed by atoms with Gasteiger partial charge in [0.05, 0.1) is 17.6 Å². The van der Waals surface area contributed by atoms with Gasteiger partial charge in [-0.2, -0.15) is 13.2 Å². The van der Waals surface area contributed by atoms with Crippen molar-refractivity contribution >= 4 is 23.5 Å². The van der Waals surface area contributed by atoms with E-state index in [1.54, 1.807) is 0 Å². The SMILES string of the molecule is CN(C(=O)CN1CC(=O)NC1=O)C(c1ccc(NC2Cc3ccccc3C2(C)C)cn1)C(F)(F)F. The number of benzene rings is 1. The second-order valence-corrected chi connectivity index (χ2v) is 9.41. The van der Waals surface area contributed by atoms with E-state index in [9.17, 15) is 27.6 Å². The molecule has 2 aromatic rings. The highest BCUT2D eigenvalue weighted by Crippen LogP contribution is 2.40. The van der Waals surface area contributed by atoms with Gasteiger partial charge >= 0.3 is 12.2 Å². The van der Waals surface area contributed by atoms with Gasteiger partial charge in [-0.25, -0.2) is 4.79 Å². The van der Waals surface area contributed by atoms with E-state index in [-0.39, 0.29) is 23.7 Å². The van der Waals surface area contributed by atoms with E-state index in [0.29, 0.717) is 10.6 Å². The van der Waals surface area contributed by atoms with Crippen molar-refractivity contribution < 1.29 is 27.6 Å². The van der Waals surface area contributed by atoms with Crippen LogP contribution in [-0.2, 0) is 21.4 Å². The van der Waals surface area contributed by atoms with Gasteiger partial charge in [-0.05, 0) is 29.7 Å². The van der Waals surface area contributed by atoms with Crippen molar-refractivity contribution in [3.05, 3.63) is 59.4 Å². The first-order chi connectivity index (χ1) is 16.4. The van der Waals surface area contributed by atoms with Crippen LogP contribution in [0.3, 0.4) is 0 Å². The summed E-state index contributed by atoms with van der Waals surface area (Å²) in [7, 11) is 1.00. The molecule has 1 saturated heterocycles. The lowest BCUT2D eigenvalue weighted by Gasteiger charge is -2.31. The van der Waals surface area contributed by atoms with Gasteiger partial charge in [0.25, 0.3) is 0 Å². The Morgan fingerprint density at radius 2 is 1.97 bits per heavy atom. The number of anilines is 1. The minimum atomic E-state index is -4.80. The van der Waals surface area contributed by atoms with Crippen molar-refractivity contribution in [1.29, 1.82) is 0 Å². The maximum absolute atomic E-state index is 14.0. The van der Waals surface area contributed by atoms with Crippen LogP contribution in [-0.4, -0.2) is 65.0 Å². The predicted octanol–water partition coefficient (Wildman–Crippen LogP) is 3.01. The van der Waals surface area contributed by atoms with Crippen LogP contribution in [0.4, 0.5) is 23.7 Å². The van der Waals surface area contributed by atoms with Crippen molar-refractivity contribution in [2.75, 3.05) is 25.5 Å². The number of rotatable bonds is 6. The largest absolute Gasteiger partial charge is 0.414 e. The molecule has 1 aromatic carbocycles. The molecule has 186 valence electrons. The van der Waals surface area contributed by atoms with Crippen LogP contribution >= 0.6 is 0 Å². The van der Waals surface area contributed by atoms with Crippen LogP contribution in [0, 0.1) is 0 Å². The fourth-order valence-electron chi connectivity index (χ4n) is 4.69. The number of carbonyl (C=O) groups excluding carboxylic acids is 3. The van der Waals surface area contributed by atoms with Gasteiger partial charge in [0.1, 0.15) is 13.1 Å². The van der Waals surface area contributed by atoms with E-state index in [4.69, 9.17) is 0 Å². The van der Waals surface area contributed by atoms with E-state index in [2.05, 4.69) is 36.3 Å². The zero-order valence-corrected chi connectivity index (χ0v) is 19.5. The van der Waals surface area contributed by atoms with Gasteiger partial charge in [-0.1, -0.05) is 38.1 Å². The Hall–Kier alpha value is -3.63. The summed E-state index contributed by atoms with van der Waals surface area (Å²) in [5, 5.41) is 5.37. The normalized spacial score (nSPS) is 19.8. The number of likely N-dealkylation sites (N-methyl/N-ethyl adjacent to an activating group) is 1. The second-order valence-electron chi connectivity index (χ2n) is 9.41. The molecule has 2 atom stereocenters. The summed E-state index contributed by atoms with van der Waals surface area (Å²) in [4.78, 5) is 40.9. The van der Waals surface area contributed by atoms with E-state index in [1.165, 1.54) is 29.5 Å². The number of aromatic nitrogens is 1. The standard InChI is InChI=1S/C24H26F3N5O3/c1-23(2)16-7-5-4-6-14(16)10-18(23)29-15-8-9-17(28-11-15)21(24(25,26)27)31(3)20(34)13-32-12-19(33)30-22(32)35/h4-9,11,18,21,29H,10,12-13H2,1-3H3,(H,30,33,35). The molecular weight excluding hydrogens is 463 g/mol. The van der Waals surface area contributed by atoms with Crippen LogP contribution in [0.15, 0.2) is 42.6 Å². The molecule has 1 fully saturated rings. The first-order valence-electron chi connectivity index (χ1n) is 11.1. The van der Waals surface area contributed by atoms with Gasteiger partial charge in [-0.15, -0.1) is 0 Å². The van der Waals surface area contributed by atoms with Crippen LogP contribution in [0.5, 0.6) is 0 Å². The lowest BCUT2D eigenvalue weighted by Crippen LogP contribution is -2.45. The predicted molar refractivity (Wildman–Crippen MR) is 121 cm³/mol. The number of imide groups is 1.